The first-order chi connectivity index (χ1) is 9.82. The van der Waals surface area contributed by atoms with Crippen molar-refractivity contribution in [2.75, 3.05) is 13.1 Å². The van der Waals surface area contributed by atoms with Crippen molar-refractivity contribution >= 4 is 10.0 Å². The molecule has 0 bridgehead atoms. The second-order valence-corrected chi connectivity index (χ2v) is 8.72. The van der Waals surface area contributed by atoms with Gasteiger partial charge in [-0.3, -0.25) is 0 Å². The Kier molecular flexibility index (Phi) is 5.11. The van der Waals surface area contributed by atoms with E-state index in [0.717, 1.165) is 17.7 Å². The molecule has 0 aliphatic carbocycles. The van der Waals surface area contributed by atoms with Crippen LogP contribution < -0.4 is 5.32 Å². The number of furan rings is 1. The van der Waals surface area contributed by atoms with Gasteiger partial charge in [0.1, 0.15) is 5.76 Å². The molecule has 6 heteroatoms. The highest BCUT2D eigenvalue weighted by Crippen LogP contribution is 2.22. The van der Waals surface area contributed by atoms with Crippen molar-refractivity contribution in [1.82, 2.24) is 9.62 Å². The number of hydrogen-bond acceptors (Lipinski definition) is 4. The number of rotatable bonds is 5. The summed E-state index contributed by atoms with van der Waals surface area (Å²) in [5, 5.41) is 3.15. The molecular weight excluding hydrogens is 288 g/mol. The lowest BCUT2D eigenvalue weighted by molar-refractivity contribution is 0.215. The van der Waals surface area contributed by atoms with Crippen molar-refractivity contribution in [2.24, 2.45) is 5.92 Å². The fourth-order valence-electron chi connectivity index (χ4n) is 2.75. The number of nitrogens with one attached hydrogen (secondary N) is 1. The Morgan fingerprint density at radius 1 is 1.48 bits per heavy atom. The van der Waals surface area contributed by atoms with E-state index in [1.807, 2.05) is 13.0 Å². The minimum atomic E-state index is -3.13. The standard InChI is InChI=1S/C15H26N2O3S/c1-11(2)21(18,19)17-7-5-14(13(4)10-17)16-9-15-12(3)6-8-20-15/h6,8,11,13-14,16H,5,7,9-10H2,1-4H3/t13-,14+/m1/s1. The average Bonchev–Trinajstić information content (AvgIpc) is 2.82. The highest BCUT2D eigenvalue weighted by Gasteiger charge is 2.33. The van der Waals surface area contributed by atoms with Gasteiger partial charge in [-0.05, 0) is 44.7 Å². The van der Waals surface area contributed by atoms with Gasteiger partial charge in [-0.2, -0.15) is 0 Å². The molecule has 0 unspecified atom stereocenters. The average molecular weight is 314 g/mol. The number of piperidine rings is 1. The lowest BCUT2D eigenvalue weighted by Gasteiger charge is -2.37. The predicted octanol–water partition coefficient (Wildman–Crippen LogP) is 2.13. The summed E-state index contributed by atoms with van der Waals surface area (Å²) in [6.45, 7) is 9.50. The Morgan fingerprint density at radius 2 is 2.19 bits per heavy atom. The monoisotopic (exact) mass is 314 g/mol. The van der Waals surface area contributed by atoms with Crippen LogP contribution in [-0.4, -0.2) is 37.1 Å². The number of nitrogens with zero attached hydrogens (tertiary/aromatic N) is 1. The Bertz CT molecular complexity index is 565. The molecule has 0 radical (unpaired) electrons. The molecule has 1 aliphatic rings. The van der Waals surface area contributed by atoms with Crippen molar-refractivity contribution < 1.29 is 12.8 Å². The van der Waals surface area contributed by atoms with Gasteiger partial charge >= 0.3 is 0 Å². The van der Waals surface area contributed by atoms with Crippen LogP contribution in [0.3, 0.4) is 0 Å². The maximum atomic E-state index is 12.2. The van der Waals surface area contributed by atoms with Crippen LogP contribution in [0.4, 0.5) is 0 Å². The molecule has 21 heavy (non-hydrogen) atoms. The molecule has 2 heterocycles. The molecule has 0 amide bonds. The molecule has 1 aromatic rings. The highest BCUT2D eigenvalue weighted by atomic mass is 32.2. The van der Waals surface area contributed by atoms with E-state index in [1.54, 1.807) is 24.4 Å². The number of hydrogen-bond donors (Lipinski definition) is 1. The summed E-state index contributed by atoms with van der Waals surface area (Å²) in [6.07, 6.45) is 2.54. The summed E-state index contributed by atoms with van der Waals surface area (Å²) in [7, 11) is -3.13. The summed E-state index contributed by atoms with van der Waals surface area (Å²) in [4.78, 5) is 0. The second-order valence-electron chi connectivity index (χ2n) is 6.23. The van der Waals surface area contributed by atoms with E-state index in [0.29, 0.717) is 31.6 Å². The first-order valence-corrected chi connectivity index (χ1v) is 9.08. The van der Waals surface area contributed by atoms with Crippen LogP contribution in [0.15, 0.2) is 16.7 Å². The van der Waals surface area contributed by atoms with Crippen LogP contribution in [0, 0.1) is 12.8 Å². The van der Waals surface area contributed by atoms with E-state index in [4.69, 9.17) is 4.42 Å². The van der Waals surface area contributed by atoms with Gasteiger partial charge in [0.25, 0.3) is 0 Å². The fraction of sp³-hybridized carbons (Fsp3) is 0.733. The molecule has 0 spiro atoms. The van der Waals surface area contributed by atoms with E-state index >= 15 is 0 Å². The highest BCUT2D eigenvalue weighted by molar-refractivity contribution is 7.89. The predicted molar refractivity (Wildman–Crippen MR) is 83.5 cm³/mol. The van der Waals surface area contributed by atoms with Gasteiger partial charge in [-0.25, -0.2) is 12.7 Å². The van der Waals surface area contributed by atoms with Crippen LogP contribution in [0.5, 0.6) is 0 Å². The van der Waals surface area contributed by atoms with Crippen molar-refractivity contribution in [3.63, 3.8) is 0 Å². The first kappa shape index (κ1) is 16.5. The molecule has 120 valence electrons. The van der Waals surface area contributed by atoms with E-state index < -0.39 is 10.0 Å². The summed E-state index contributed by atoms with van der Waals surface area (Å²) in [5.74, 6) is 1.25. The molecule has 1 fully saturated rings. The smallest absolute Gasteiger partial charge is 0.216 e. The molecule has 0 saturated carbocycles. The normalized spacial score (nSPS) is 24.6. The van der Waals surface area contributed by atoms with Crippen molar-refractivity contribution in [2.45, 2.75) is 52.0 Å². The van der Waals surface area contributed by atoms with Crippen LogP contribution in [-0.2, 0) is 16.6 Å². The Hall–Kier alpha value is -0.850. The van der Waals surface area contributed by atoms with Gasteiger partial charge in [0.2, 0.25) is 10.0 Å². The SMILES string of the molecule is Cc1ccoc1CN[C@H]1CCN(S(=O)(=O)C(C)C)C[C@H]1C. The van der Waals surface area contributed by atoms with E-state index in [1.165, 1.54) is 0 Å². The van der Waals surface area contributed by atoms with Gasteiger partial charge < -0.3 is 9.73 Å². The zero-order valence-corrected chi connectivity index (χ0v) is 14.1. The quantitative estimate of drug-likeness (QED) is 0.904. The molecule has 1 N–H and O–H groups in total. The minimum Gasteiger partial charge on any atom is -0.468 e. The minimum absolute atomic E-state index is 0.294. The zero-order chi connectivity index (χ0) is 15.6. The Morgan fingerprint density at radius 3 is 2.71 bits per heavy atom. The van der Waals surface area contributed by atoms with Crippen LogP contribution in [0.1, 0.15) is 38.5 Å². The van der Waals surface area contributed by atoms with Crippen molar-refractivity contribution in [3.05, 3.63) is 23.7 Å². The molecule has 1 saturated heterocycles. The Balaban J connectivity index is 1.91. The molecular formula is C15H26N2O3S. The zero-order valence-electron chi connectivity index (χ0n) is 13.3. The van der Waals surface area contributed by atoms with Gasteiger partial charge in [-0.1, -0.05) is 6.92 Å². The third-order valence-electron chi connectivity index (χ3n) is 4.32. The second kappa shape index (κ2) is 6.50. The van der Waals surface area contributed by atoms with E-state index in [2.05, 4.69) is 12.2 Å². The van der Waals surface area contributed by atoms with E-state index in [-0.39, 0.29) is 5.25 Å². The van der Waals surface area contributed by atoms with Gasteiger partial charge in [-0.15, -0.1) is 0 Å². The molecule has 2 atom stereocenters. The van der Waals surface area contributed by atoms with Crippen LogP contribution >= 0.6 is 0 Å². The third kappa shape index (κ3) is 3.67. The summed E-state index contributed by atoms with van der Waals surface area (Å²) >= 11 is 0. The maximum absolute atomic E-state index is 12.2. The van der Waals surface area contributed by atoms with Crippen molar-refractivity contribution in [3.8, 4) is 0 Å². The Labute approximate surface area is 127 Å². The molecule has 1 aliphatic heterocycles. The summed E-state index contributed by atoms with van der Waals surface area (Å²) in [5.41, 5.74) is 1.15. The van der Waals surface area contributed by atoms with Gasteiger partial charge in [0, 0.05) is 19.1 Å². The molecule has 1 aromatic heterocycles. The molecule has 0 aromatic carbocycles. The number of aryl methyl sites for hydroxylation is 1. The summed E-state index contributed by atoms with van der Waals surface area (Å²) in [6, 6.07) is 2.28. The van der Waals surface area contributed by atoms with Gasteiger partial charge in [0.05, 0.1) is 18.1 Å². The van der Waals surface area contributed by atoms with Gasteiger partial charge in [0.15, 0.2) is 0 Å². The molecule has 5 nitrogen and oxygen atoms in total. The van der Waals surface area contributed by atoms with Crippen LogP contribution in [0.2, 0.25) is 0 Å². The van der Waals surface area contributed by atoms with Crippen molar-refractivity contribution in [1.29, 1.82) is 0 Å². The van der Waals surface area contributed by atoms with Crippen LogP contribution in [0.25, 0.3) is 0 Å². The first-order valence-electron chi connectivity index (χ1n) is 7.57. The summed E-state index contributed by atoms with van der Waals surface area (Å²) < 4.78 is 31.5. The topological polar surface area (TPSA) is 62.6 Å². The largest absolute Gasteiger partial charge is 0.468 e. The number of sulfonamides is 1. The van der Waals surface area contributed by atoms with E-state index in [9.17, 15) is 8.42 Å². The molecule has 2 rings (SSSR count). The maximum Gasteiger partial charge on any atom is 0.216 e. The fourth-order valence-corrected chi connectivity index (χ4v) is 4.15. The third-order valence-corrected chi connectivity index (χ3v) is 6.56. The lowest BCUT2D eigenvalue weighted by Crippen LogP contribution is -2.51. The lowest BCUT2D eigenvalue weighted by atomic mass is 9.95.